The molecule has 0 aromatic carbocycles. The van der Waals surface area contributed by atoms with Gasteiger partial charge in [-0.25, -0.2) is 9.98 Å². The quantitative estimate of drug-likeness (QED) is 0.273. The second kappa shape index (κ2) is 10.1. The number of thioether (sulfide) groups is 1. The number of azo groups is 1. The second-order valence-electron chi connectivity index (χ2n) is 6.59. The van der Waals surface area contributed by atoms with E-state index in [2.05, 4.69) is 63.8 Å². The van der Waals surface area contributed by atoms with Crippen molar-refractivity contribution in [2.24, 2.45) is 15.2 Å². The van der Waals surface area contributed by atoms with Crippen molar-refractivity contribution in [1.82, 2.24) is 19.8 Å². The van der Waals surface area contributed by atoms with Gasteiger partial charge in [0.25, 0.3) is 0 Å². The predicted molar refractivity (Wildman–Crippen MR) is 118 cm³/mol. The second-order valence-corrected chi connectivity index (χ2v) is 8.14. The van der Waals surface area contributed by atoms with E-state index in [0.717, 1.165) is 42.2 Å². The molecule has 2 rings (SSSR count). The third kappa shape index (κ3) is 5.44. The molecule has 9 heteroatoms. The number of aromatic nitrogens is 4. The number of nitrogens with one attached hydrogen (secondary N) is 1. The number of fused-ring (bicyclic) bond motifs is 1. The van der Waals surface area contributed by atoms with Crippen LogP contribution in [0.2, 0.25) is 0 Å². The molecule has 0 bridgehead atoms. The summed E-state index contributed by atoms with van der Waals surface area (Å²) in [7, 11) is 0. The summed E-state index contributed by atoms with van der Waals surface area (Å²) in [6, 6.07) is 0. The lowest BCUT2D eigenvalue weighted by atomic mass is 10.2. The van der Waals surface area contributed by atoms with Crippen LogP contribution >= 0.6 is 24.4 Å². The van der Waals surface area contributed by atoms with E-state index in [1.807, 2.05) is 26.2 Å². The van der Waals surface area contributed by atoms with E-state index in [-0.39, 0.29) is 11.2 Å². The van der Waals surface area contributed by atoms with Gasteiger partial charge in [0.2, 0.25) is 10.8 Å². The van der Waals surface area contributed by atoms with Crippen LogP contribution in [0.3, 0.4) is 0 Å². The SMILES string of the molecule is CC=C(N=C(N=Nc1c(CCCC)[nH]n2nc(C(C)C)nc12)SC)C(C)S. The first-order valence-electron chi connectivity index (χ1n) is 9.27. The molecule has 0 radical (unpaired) electrons. The van der Waals surface area contributed by atoms with Crippen LogP contribution in [0.5, 0.6) is 0 Å². The molecule has 2 aromatic rings. The molecule has 1 atom stereocenters. The van der Waals surface area contributed by atoms with Crippen LogP contribution < -0.4 is 0 Å². The maximum atomic E-state index is 4.65. The zero-order valence-corrected chi connectivity index (χ0v) is 18.6. The highest BCUT2D eigenvalue weighted by Gasteiger charge is 2.17. The molecule has 2 heterocycles. The number of hydrogen-bond acceptors (Lipinski definition) is 6. The number of allylic oxidation sites excluding steroid dienone is 1. The van der Waals surface area contributed by atoms with Crippen molar-refractivity contribution in [2.75, 3.05) is 6.26 Å². The van der Waals surface area contributed by atoms with E-state index in [4.69, 9.17) is 0 Å². The van der Waals surface area contributed by atoms with Gasteiger partial charge in [-0.3, -0.25) is 5.10 Å². The van der Waals surface area contributed by atoms with Crippen molar-refractivity contribution in [3.05, 3.63) is 23.3 Å². The minimum atomic E-state index is 0.0385. The van der Waals surface area contributed by atoms with Crippen molar-refractivity contribution in [3.63, 3.8) is 0 Å². The average molecular weight is 408 g/mol. The largest absolute Gasteiger partial charge is 0.278 e. The molecular formula is C18H29N7S2. The van der Waals surface area contributed by atoms with E-state index in [0.29, 0.717) is 10.8 Å². The standard InChI is InChI=1S/C18H29N7S2/c1-7-9-10-14-15(17-20-16(11(3)4)24-25(17)23-14)21-22-18(27-6)19-13(8-2)12(5)26/h8,11-12,23,26H,7,9-10H2,1-6H3. The maximum Gasteiger partial charge on any atom is 0.209 e. The number of aliphatic imine (C=N–C) groups is 1. The molecule has 0 spiro atoms. The summed E-state index contributed by atoms with van der Waals surface area (Å²) in [5.74, 6) is 1.04. The highest BCUT2D eigenvalue weighted by Crippen LogP contribution is 2.28. The molecular weight excluding hydrogens is 378 g/mol. The van der Waals surface area contributed by atoms with Crippen LogP contribution in [-0.4, -0.2) is 36.5 Å². The number of thiol groups is 1. The Morgan fingerprint density at radius 3 is 2.67 bits per heavy atom. The monoisotopic (exact) mass is 407 g/mol. The zero-order chi connectivity index (χ0) is 20.0. The normalized spacial score (nSPS) is 14.8. The van der Waals surface area contributed by atoms with Gasteiger partial charge in [-0.15, -0.1) is 15.3 Å². The van der Waals surface area contributed by atoms with Crippen LogP contribution in [0.25, 0.3) is 5.65 Å². The molecule has 0 saturated heterocycles. The summed E-state index contributed by atoms with van der Waals surface area (Å²) < 4.78 is 1.71. The van der Waals surface area contributed by atoms with Gasteiger partial charge in [0.05, 0.1) is 11.4 Å². The van der Waals surface area contributed by atoms with E-state index in [1.54, 1.807) is 4.63 Å². The van der Waals surface area contributed by atoms with Crippen molar-refractivity contribution >= 4 is 40.9 Å². The van der Waals surface area contributed by atoms with Crippen molar-refractivity contribution in [3.8, 4) is 0 Å². The number of rotatable bonds is 7. The number of unbranched alkanes of at least 4 members (excludes halogenated alkanes) is 1. The Balaban J connectivity index is 2.44. The minimum absolute atomic E-state index is 0.0385. The van der Waals surface area contributed by atoms with Crippen LogP contribution in [0.15, 0.2) is 27.0 Å². The lowest BCUT2D eigenvalue weighted by Gasteiger charge is -2.04. The molecule has 0 aliphatic carbocycles. The summed E-state index contributed by atoms with van der Waals surface area (Å²) in [5.41, 5.74) is 3.32. The number of nitrogens with zero attached hydrogens (tertiary/aromatic N) is 6. The number of amidine groups is 1. The number of aryl methyl sites for hydroxylation is 1. The van der Waals surface area contributed by atoms with Crippen LogP contribution in [0, 0.1) is 0 Å². The summed E-state index contributed by atoms with van der Waals surface area (Å²) >= 11 is 5.91. The first-order valence-corrected chi connectivity index (χ1v) is 11.0. The van der Waals surface area contributed by atoms with Gasteiger partial charge in [-0.2, -0.15) is 17.3 Å². The number of hydrogen-bond donors (Lipinski definition) is 2. The van der Waals surface area contributed by atoms with Crippen molar-refractivity contribution in [2.45, 2.75) is 65.0 Å². The van der Waals surface area contributed by atoms with Gasteiger partial charge < -0.3 is 0 Å². The molecule has 0 saturated carbocycles. The van der Waals surface area contributed by atoms with Crippen LogP contribution in [0.4, 0.5) is 5.69 Å². The van der Waals surface area contributed by atoms with Gasteiger partial charge in [-0.1, -0.05) is 45.0 Å². The van der Waals surface area contributed by atoms with E-state index < -0.39 is 0 Å². The molecule has 2 aromatic heterocycles. The molecule has 0 aliphatic heterocycles. The topological polar surface area (TPSA) is 83.1 Å². The van der Waals surface area contributed by atoms with Gasteiger partial charge >= 0.3 is 0 Å². The molecule has 0 aliphatic rings. The van der Waals surface area contributed by atoms with Gasteiger partial charge in [-0.05, 0) is 32.9 Å². The molecule has 0 amide bonds. The Bertz CT molecular complexity index is 843. The maximum absolute atomic E-state index is 4.65. The van der Waals surface area contributed by atoms with Crippen molar-refractivity contribution < 1.29 is 0 Å². The number of H-pyrrole nitrogens is 1. The first kappa shape index (κ1) is 21.7. The third-order valence-corrected chi connectivity index (χ3v) is 4.83. The Morgan fingerprint density at radius 1 is 1.37 bits per heavy atom. The predicted octanol–water partition coefficient (Wildman–Crippen LogP) is 5.55. The number of aromatic amines is 1. The summed E-state index contributed by atoms with van der Waals surface area (Å²) in [6.07, 6.45) is 6.93. The summed E-state index contributed by atoms with van der Waals surface area (Å²) in [5, 5.41) is 17.4. The first-order chi connectivity index (χ1) is 12.9. The van der Waals surface area contributed by atoms with E-state index in [9.17, 15) is 0 Å². The Labute approximate surface area is 170 Å². The highest BCUT2D eigenvalue weighted by molar-refractivity contribution is 8.13. The molecule has 27 heavy (non-hydrogen) atoms. The fourth-order valence-electron chi connectivity index (χ4n) is 2.46. The van der Waals surface area contributed by atoms with Crippen LogP contribution in [-0.2, 0) is 6.42 Å². The molecule has 148 valence electrons. The third-order valence-electron chi connectivity index (χ3n) is 4.03. The van der Waals surface area contributed by atoms with Crippen molar-refractivity contribution in [1.29, 1.82) is 0 Å². The highest BCUT2D eigenvalue weighted by atomic mass is 32.2. The van der Waals surface area contributed by atoms with E-state index >= 15 is 0 Å². The Kier molecular flexibility index (Phi) is 8.09. The van der Waals surface area contributed by atoms with Gasteiger partial charge in [0, 0.05) is 11.2 Å². The van der Waals surface area contributed by atoms with E-state index in [1.165, 1.54) is 11.8 Å². The smallest absolute Gasteiger partial charge is 0.209 e. The molecule has 7 nitrogen and oxygen atoms in total. The Hall–Kier alpha value is -1.61. The molecule has 1 N–H and O–H groups in total. The molecule has 0 fully saturated rings. The average Bonchev–Trinajstić information content (AvgIpc) is 3.18. The molecule has 1 unspecified atom stereocenters. The fraction of sp³-hybridized carbons (Fsp3) is 0.611. The Morgan fingerprint density at radius 2 is 2.11 bits per heavy atom. The van der Waals surface area contributed by atoms with Crippen LogP contribution in [0.1, 0.15) is 64.9 Å². The minimum Gasteiger partial charge on any atom is -0.278 e. The zero-order valence-electron chi connectivity index (χ0n) is 16.9. The lowest BCUT2D eigenvalue weighted by Crippen LogP contribution is -1.97. The summed E-state index contributed by atoms with van der Waals surface area (Å²) in [4.78, 5) is 9.21. The van der Waals surface area contributed by atoms with Gasteiger partial charge in [0.15, 0.2) is 11.5 Å². The lowest BCUT2D eigenvalue weighted by molar-refractivity contribution is 0.704. The van der Waals surface area contributed by atoms with Gasteiger partial charge in [0.1, 0.15) is 0 Å². The fourth-order valence-corrected chi connectivity index (χ4v) is 2.99. The summed E-state index contributed by atoms with van der Waals surface area (Å²) in [6.45, 7) is 10.2.